The molecular weight excluding hydrogens is 845 g/mol. The number of benzene rings is 3. The molecule has 1 amide bonds. The van der Waals surface area contributed by atoms with Crippen LogP contribution in [0.15, 0.2) is 54.6 Å². The molecule has 0 heterocycles. The number of carbonyl (C=O) groups excluding carboxylic acids is 3. The molecule has 0 bridgehead atoms. The minimum absolute atomic E-state index is 0.0371. The number of carbonyl (C=O) groups is 4. The number of rotatable bonds is 17. The van der Waals surface area contributed by atoms with E-state index in [2.05, 4.69) is 17.0 Å². The summed E-state index contributed by atoms with van der Waals surface area (Å²) in [6, 6.07) is 11.4. The molecule has 0 spiro atoms. The van der Waals surface area contributed by atoms with E-state index in [9.17, 15) is 47.0 Å². The van der Waals surface area contributed by atoms with Gasteiger partial charge in [-0.05, 0) is 62.6 Å². The van der Waals surface area contributed by atoms with Gasteiger partial charge in [0.05, 0.1) is 40.6 Å². The zero-order chi connectivity index (χ0) is 44.2. The van der Waals surface area contributed by atoms with Gasteiger partial charge < -0.3 is 33.8 Å². The normalized spacial score (nSPS) is 10.9. The fourth-order valence-electron chi connectivity index (χ4n) is 4.41. The smallest absolute Gasteiger partial charge is 0.416 e. The number of nitro benzene ring substituents is 1. The van der Waals surface area contributed by atoms with Crippen LogP contribution < -0.4 is 15.0 Å². The highest BCUT2D eigenvalue weighted by atomic mass is 35.5. The van der Waals surface area contributed by atoms with Gasteiger partial charge >= 0.3 is 31.7 Å². The number of nitrogens with one attached hydrogen (secondary N) is 1. The maximum Gasteiger partial charge on any atom is 0.416 e. The van der Waals surface area contributed by atoms with E-state index in [-0.39, 0.29) is 41.6 Å². The van der Waals surface area contributed by atoms with Crippen LogP contribution >= 0.6 is 30.8 Å². The molecule has 0 saturated heterocycles. The van der Waals surface area contributed by atoms with Crippen LogP contribution in [0, 0.1) is 17.0 Å². The number of hydrogen-bond acceptors (Lipinski definition) is 12. The molecular formula is C35H41Cl2F3N3O14P. The number of esters is 2. The minimum atomic E-state index is -4.61. The van der Waals surface area contributed by atoms with Gasteiger partial charge in [0.1, 0.15) is 29.7 Å². The van der Waals surface area contributed by atoms with Crippen LogP contribution in [0.2, 0.25) is 5.02 Å². The van der Waals surface area contributed by atoms with Crippen LogP contribution in [0.4, 0.5) is 24.5 Å². The highest BCUT2D eigenvalue weighted by Gasteiger charge is 2.31. The number of carboxylic acid groups (broad SMARTS) is 1. The van der Waals surface area contributed by atoms with Crippen molar-refractivity contribution in [3.8, 4) is 11.5 Å². The standard InChI is InChI=1S/C18H13ClF3NO7.C14H20ClNO2.C3H8NO5P/c1-2-28-16(24)9-29-17(25)12-8-11(4-5-14(12)23(26)27)30-15-6-3-10(7-13(15)19)18(20,21)22;1-4-12-8-6-7-11(3)14(12)16(10-18-5-2)13(17)9-15;5-3(6)1-4-2-10(7,8)9/h3-8H,2,9H2,1H3;6-8H,4-5,9-10H2,1-3H3;4H,1-2H2,(H,5,6)(H2,7,8,9). The number of carboxylic acids is 1. The number of amides is 1. The van der Waals surface area contributed by atoms with E-state index in [0.717, 1.165) is 53.6 Å². The lowest BCUT2D eigenvalue weighted by Gasteiger charge is -2.25. The molecule has 0 aliphatic carbocycles. The number of halogens is 5. The van der Waals surface area contributed by atoms with Gasteiger partial charge in [-0.3, -0.25) is 34.5 Å². The third-order valence-corrected chi connectivity index (χ3v) is 8.06. The molecule has 3 aromatic rings. The summed E-state index contributed by atoms with van der Waals surface area (Å²) < 4.78 is 68.2. The predicted octanol–water partition coefficient (Wildman–Crippen LogP) is 6.70. The summed E-state index contributed by atoms with van der Waals surface area (Å²) in [5.74, 6) is -3.67. The number of nitro groups is 1. The molecule has 58 heavy (non-hydrogen) atoms. The van der Waals surface area contributed by atoms with Crippen molar-refractivity contribution in [3.05, 3.63) is 92.0 Å². The van der Waals surface area contributed by atoms with Crippen molar-refractivity contribution in [2.45, 2.75) is 40.3 Å². The Kier molecular flexibility index (Phi) is 21.9. The molecule has 0 saturated carbocycles. The fraction of sp³-hybridized carbons (Fsp3) is 0.371. The van der Waals surface area contributed by atoms with Crippen molar-refractivity contribution in [3.63, 3.8) is 0 Å². The molecule has 0 aliphatic heterocycles. The van der Waals surface area contributed by atoms with Crippen LogP contribution in [0.25, 0.3) is 0 Å². The first-order valence-electron chi connectivity index (χ1n) is 16.7. The molecule has 0 unspecified atom stereocenters. The van der Waals surface area contributed by atoms with Crippen LogP contribution in [-0.2, 0) is 45.8 Å². The van der Waals surface area contributed by atoms with Gasteiger partial charge in [-0.2, -0.15) is 13.2 Å². The third kappa shape index (κ3) is 18.2. The lowest BCUT2D eigenvalue weighted by molar-refractivity contribution is -0.385. The number of alkyl halides is 4. The zero-order valence-electron chi connectivity index (χ0n) is 31.4. The van der Waals surface area contributed by atoms with Crippen LogP contribution in [0.1, 0.15) is 47.8 Å². The fourth-order valence-corrected chi connectivity index (χ4v) is 5.18. The molecule has 23 heteroatoms. The summed E-state index contributed by atoms with van der Waals surface area (Å²) in [7, 11) is -4.10. The molecule has 0 fully saturated rings. The zero-order valence-corrected chi connectivity index (χ0v) is 33.8. The van der Waals surface area contributed by atoms with Gasteiger partial charge in [-0.25, -0.2) is 9.59 Å². The first kappa shape index (κ1) is 51.2. The summed E-state index contributed by atoms with van der Waals surface area (Å²) in [6.07, 6.45) is -4.33. The van der Waals surface area contributed by atoms with Gasteiger partial charge in [0, 0.05) is 18.7 Å². The van der Waals surface area contributed by atoms with Crippen molar-refractivity contribution >= 4 is 66.0 Å². The third-order valence-electron chi connectivity index (χ3n) is 6.90. The summed E-state index contributed by atoms with van der Waals surface area (Å²) in [5.41, 5.74) is 0.964. The van der Waals surface area contributed by atoms with Crippen LogP contribution in [0.5, 0.6) is 11.5 Å². The van der Waals surface area contributed by atoms with Crippen molar-refractivity contribution < 1.29 is 75.7 Å². The molecule has 320 valence electrons. The summed E-state index contributed by atoms with van der Waals surface area (Å²) in [6.45, 7) is 7.18. The van der Waals surface area contributed by atoms with Crippen molar-refractivity contribution in [1.82, 2.24) is 5.32 Å². The number of aryl methyl sites for hydroxylation is 2. The van der Waals surface area contributed by atoms with Crippen molar-refractivity contribution in [2.24, 2.45) is 0 Å². The van der Waals surface area contributed by atoms with E-state index in [1.807, 2.05) is 32.0 Å². The highest BCUT2D eigenvalue weighted by Crippen LogP contribution is 2.37. The molecule has 4 N–H and O–H groups in total. The van der Waals surface area contributed by atoms with Crippen LogP contribution in [-0.4, -0.2) is 88.9 Å². The Morgan fingerprint density at radius 2 is 1.67 bits per heavy atom. The van der Waals surface area contributed by atoms with Gasteiger partial charge in [-0.15, -0.1) is 11.6 Å². The number of anilines is 1. The number of ether oxygens (including phenoxy) is 4. The van der Waals surface area contributed by atoms with Gasteiger partial charge in [-0.1, -0.05) is 36.7 Å². The minimum Gasteiger partial charge on any atom is -0.480 e. The first-order valence-corrected chi connectivity index (χ1v) is 19.5. The largest absolute Gasteiger partial charge is 0.480 e. The Morgan fingerprint density at radius 1 is 1.00 bits per heavy atom. The lowest BCUT2D eigenvalue weighted by atomic mass is 10.0. The molecule has 3 aromatic carbocycles. The quantitative estimate of drug-likeness (QED) is 0.0275. The number of hydrogen-bond donors (Lipinski definition) is 4. The summed E-state index contributed by atoms with van der Waals surface area (Å²) >= 11 is 11.5. The van der Waals surface area contributed by atoms with Crippen LogP contribution in [0.3, 0.4) is 0 Å². The predicted molar refractivity (Wildman–Crippen MR) is 204 cm³/mol. The Hall–Kier alpha value is -4.82. The Morgan fingerprint density at radius 3 is 2.19 bits per heavy atom. The number of aliphatic carboxylic acids is 1. The van der Waals surface area contributed by atoms with E-state index in [1.54, 1.807) is 4.90 Å². The number of nitrogens with zero attached hydrogens (tertiary/aromatic N) is 2. The van der Waals surface area contributed by atoms with E-state index >= 15 is 0 Å². The maximum atomic E-state index is 12.7. The molecule has 3 rings (SSSR count). The number of para-hydroxylation sites is 1. The molecule has 0 aromatic heterocycles. The Labute approximate surface area is 340 Å². The van der Waals surface area contributed by atoms with E-state index in [4.69, 9.17) is 52.3 Å². The van der Waals surface area contributed by atoms with E-state index < -0.39 is 72.9 Å². The SMILES string of the molecule is CCOC(=O)COC(=O)c1cc(Oc2ccc(C(F)(F)F)cc2Cl)ccc1[N+](=O)[O-].CCOCN(C(=O)CCl)c1c(C)cccc1CC.O=C(O)CNCP(=O)(O)O. The average Bonchev–Trinajstić information content (AvgIpc) is 3.14. The van der Waals surface area contributed by atoms with Gasteiger partial charge in [0.15, 0.2) is 6.61 Å². The molecule has 0 atom stereocenters. The second kappa shape index (κ2) is 24.8. The monoisotopic (exact) mass is 885 g/mol. The molecule has 17 nitrogen and oxygen atoms in total. The maximum absolute atomic E-state index is 12.7. The Balaban J connectivity index is 0.000000506. The Bertz CT molecular complexity index is 1930. The highest BCUT2D eigenvalue weighted by molar-refractivity contribution is 7.51. The van der Waals surface area contributed by atoms with Gasteiger partial charge in [0.25, 0.3) is 5.69 Å². The summed E-state index contributed by atoms with van der Waals surface area (Å²) in [5, 5.41) is 20.9. The van der Waals surface area contributed by atoms with Crippen molar-refractivity contribution in [2.75, 3.05) is 50.2 Å². The lowest BCUT2D eigenvalue weighted by Crippen LogP contribution is -2.35. The van der Waals surface area contributed by atoms with Crippen molar-refractivity contribution in [1.29, 1.82) is 0 Å². The van der Waals surface area contributed by atoms with E-state index in [0.29, 0.717) is 12.7 Å². The second-order valence-corrected chi connectivity index (χ2v) is 13.5. The van der Waals surface area contributed by atoms with Gasteiger partial charge in [0.2, 0.25) is 5.91 Å². The van der Waals surface area contributed by atoms with E-state index in [1.165, 1.54) is 6.92 Å². The molecule has 0 radical (unpaired) electrons. The molecule has 0 aliphatic rings. The second-order valence-electron chi connectivity index (χ2n) is 11.2. The average molecular weight is 887 g/mol. The summed E-state index contributed by atoms with van der Waals surface area (Å²) in [4.78, 5) is 73.5. The first-order chi connectivity index (χ1) is 27.1. The topological polar surface area (TPSA) is 241 Å².